The molecule has 0 amide bonds. The minimum Gasteiger partial charge on any atom is -0.464 e. The monoisotopic (exact) mass is 284 g/mol. The Bertz CT molecular complexity index is 702. The van der Waals surface area contributed by atoms with Gasteiger partial charge in [-0.05, 0) is 12.3 Å². The van der Waals surface area contributed by atoms with Crippen molar-refractivity contribution in [2.45, 2.75) is 17.2 Å². The Hall–Kier alpha value is -2.10. The molecule has 1 aromatic heterocycles. The van der Waals surface area contributed by atoms with Crippen molar-refractivity contribution >= 4 is 11.8 Å². The molecule has 5 nitrogen and oxygen atoms in total. The van der Waals surface area contributed by atoms with Gasteiger partial charge < -0.3 is 4.74 Å². The second-order valence-electron chi connectivity index (χ2n) is 4.47. The van der Waals surface area contributed by atoms with Crippen LogP contribution in [0, 0.1) is 11.3 Å². The van der Waals surface area contributed by atoms with Crippen molar-refractivity contribution in [1.82, 2.24) is 9.97 Å². The quantitative estimate of drug-likeness (QED) is 0.660. The molecule has 0 aromatic carbocycles. The summed E-state index contributed by atoms with van der Waals surface area (Å²) in [5.74, 6) is 1.13. The summed E-state index contributed by atoms with van der Waals surface area (Å²) < 4.78 is 5.85. The summed E-state index contributed by atoms with van der Waals surface area (Å²) in [6.07, 6.45) is 11.6. The molecular weight excluding hydrogens is 272 g/mol. The fourth-order valence-corrected chi connectivity index (χ4v) is 2.61. The second kappa shape index (κ2) is 4.78. The number of allylic oxidation sites excluding steroid dienone is 3. The third kappa shape index (κ3) is 2.01. The average Bonchev–Trinajstić information content (AvgIpc) is 2.93. The molecule has 20 heavy (non-hydrogen) atoms. The predicted molar refractivity (Wildman–Crippen MR) is 75.4 cm³/mol. The second-order valence-corrected chi connectivity index (χ2v) is 5.27. The molecule has 1 atom stereocenters. The summed E-state index contributed by atoms with van der Waals surface area (Å²) in [7, 11) is 0. The van der Waals surface area contributed by atoms with Crippen molar-refractivity contribution in [2.75, 3.05) is 6.26 Å². The zero-order valence-electron chi connectivity index (χ0n) is 10.8. The maximum atomic E-state index is 9.01. The molecular formula is C14H12N4OS. The van der Waals surface area contributed by atoms with Crippen LogP contribution in [0.1, 0.15) is 17.8 Å². The lowest BCUT2D eigenvalue weighted by molar-refractivity contribution is -0.00518. The third-order valence-corrected chi connectivity index (χ3v) is 3.87. The largest absolute Gasteiger partial charge is 0.464 e. The SMILES string of the molecule is CSc1nc(C2(N)CC=C3C=CC=C3O2)ncc1C#N. The molecule has 1 aliphatic carbocycles. The first-order valence-electron chi connectivity index (χ1n) is 6.05. The number of ether oxygens (including phenoxy) is 1. The average molecular weight is 284 g/mol. The van der Waals surface area contributed by atoms with Gasteiger partial charge in [-0.1, -0.05) is 18.2 Å². The van der Waals surface area contributed by atoms with E-state index in [-0.39, 0.29) is 0 Å². The molecule has 2 aliphatic rings. The molecule has 0 radical (unpaired) electrons. The molecule has 0 saturated carbocycles. The number of thioether (sulfide) groups is 1. The number of nitrogens with zero attached hydrogens (tertiary/aromatic N) is 3. The Morgan fingerprint density at radius 2 is 2.40 bits per heavy atom. The molecule has 1 aromatic rings. The highest BCUT2D eigenvalue weighted by atomic mass is 32.2. The zero-order valence-corrected chi connectivity index (χ0v) is 11.6. The molecule has 0 fully saturated rings. The lowest BCUT2D eigenvalue weighted by Crippen LogP contribution is -2.42. The van der Waals surface area contributed by atoms with Crippen molar-refractivity contribution < 1.29 is 4.74 Å². The van der Waals surface area contributed by atoms with Crippen LogP contribution in [0.5, 0.6) is 0 Å². The number of fused-ring (bicyclic) bond motifs is 1. The van der Waals surface area contributed by atoms with Crippen LogP contribution in [0.3, 0.4) is 0 Å². The summed E-state index contributed by atoms with van der Waals surface area (Å²) in [6.45, 7) is 0. The molecule has 100 valence electrons. The predicted octanol–water partition coefficient (Wildman–Crippen LogP) is 1.98. The van der Waals surface area contributed by atoms with Gasteiger partial charge in [0.05, 0.1) is 0 Å². The van der Waals surface area contributed by atoms with Gasteiger partial charge in [-0.2, -0.15) is 5.26 Å². The maximum Gasteiger partial charge on any atom is 0.222 e. The molecule has 3 rings (SSSR count). The summed E-state index contributed by atoms with van der Waals surface area (Å²) >= 11 is 1.39. The smallest absolute Gasteiger partial charge is 0.222 e. The summed E-state index contributed by atoms with van der Waals surface area (Å²) in [5.41, 5.74) is 6.69. The van der Waals surface area contributed by atoms with Crippen molar-refractivity contribution in [2.24, 2.45) is 5.73 Å². The Balaban J connectivity index is 1.99. The minimum atomic E-state index is -1.08. The standard InChI is InChI=1S/C14H12N4OS/c1-20-12-10(7-15)8-17-13(18-12)14(16)6-5-9-3-2-4-11(9)19-14/h2-5,8H,6,16H2,1H3. The number of hydrogen-bond acceptors (Lipinski definition) is 6. The fourth-order valence-electron chi connectivity index (χ4n) is 2.12. The van der Waals surface area contributed by atoms with E-state index >= 15 is 0 Å². The molecule has 1 aliphatic heterocycles. The van der Waals surface area contributed by atoms with Gasteiger partial charge >= 0.3 is 0 Å². The van der Waals surface area contributed by atoms with E-state index in [0.29, 0.717) is 22.8 Å². The third-order valence-electron chi connectivity index (χ3n) is 3.17. The molecule has 0 spiro atoms. The van der Waals surface area contributed by atoms with E-state index in [2.05, 4.69) is 16.0 Å². The Morgan fingerprint density at radius 3 is 3.15 bits per heavy atom. The topological polar surface area (TPSA) is 84.8 Å². The number of hydrogen-bond donors (Lipinski definition) is 1. The van der Waals surface area contributed by atoms with Gasteiger partial charge in [0.2, 0.25) is 5.72 Å². The Kier molecular flexibility index (Phi) is 3.08. The number of nitrogens with two attached hydrogens (primary N) is 1. The molecule has 0 bridgehead atoms. The maximum absolute atomic E-state index is 9.01. The summed E-state index contributed by atoms with van der Waals surface area (Å²) in [5, 5.41) is 9.62. The van der Waals surface area contributed by atoms with Crippen LogP contribution < -0.4 is 5.73 Å². The van der Waals surface area contributed by atoms with Crippen LogP contribution in [-0.2, 0) is 10.5 Å². The van der Waals surface area contributed by atoms with E-state index in [1.54, 1.807) is 0 Å². The number of aromatic nitrogens is 2. The Labute approximate surface area is 120 Å². The molecule has 6 heteroatoms. The van der Waals surface area contributed by atoms with E-state index in [1.807, 2.05) is 30.6 Å². The normalized spacial score (nSPS) is 23.4. The Morgan fingerprint density at radius 1 is 1.55 bits per heavy atom. The van der Waals surface area contributed by atoms with Crippen LogP contribution in [0.25, 0.3) is 0 Å². The highest BCUT2D eigenvalue weighted by Crippen LogP contribution is 2.36. The van der Waals surface area contributed by atoms with Gasteiger partial charge in [0.1, 0.15) is 22.4 Å². The van der Waals surface area contributed by atoms with Crippen LogP contribution in [0.2, 0.25) is 0 Å². The van der Waals surface area contributed by atoms with Gasteiger partial charge in [-0.25, -0.2) is 9.97 Å². The van der Waals surface area contributed by atoms with Gasteiger partial charge in [-0.15, -0.1) is 11.8 Å². The van der Waals surface area contributed by atoms with Crippen molar-refractivity contribution in [3.8, 4) is 6.07 Å². The first-order valence-corrected chi connectivity index (χ1v) is 7.27. The lowest BCUT2D eigenvalue weighted by atomic mass is 10.0. The van der Waals surface area contributed by atoms with E-state index in [0.717, 1.165) is 11.3 Å². The lowest BCUT2D eigenvalue weighted by Gasteiger charge is -2.32. The van der Waals surface area contributed by atoms with E-state index in [4.69, 9.17) is 15.7 Å². The highest BCUT2D eigenvalue weighted by molar-refractivity contribution is 7.98. The van der Waals surface area contributed by atoms with Crippen LogP contribution in [0.15, 0.2) is 46.9 Å². The highest BCUT2D eigenvalue weighted by Gasteiger charge is 2.37. The number of nitriles is 1. The van der Waals surface area contributed by atoms with Gasteiger partial charge in [-0.3, -0.25) is 5.73 Å². The first kappa shape index (κ1) is 12.9. The van der Waals surface area contributed by atoms with Crippen molar-refractivity contribution in [1.29, 1.82) is 5.26 Å². The van der Waals surface area contributed by atoms with E-state index in [1.165, 1.54) is 18.0 Å². The summed E-state index contributed by atoms with van der Waals surface area (Å²) in [4.78, 5) is 8.57. The van der Waals surface area contributed by atoms with Crippen LogP contribution in [0.4, 0.5) is 0 Å². The van der Waals surface area contributed by atoms with E-state index < -0.39 is 5.72 Å². The van der Waals surface area contributed by atoms with Crippen LogP contribution >= 0.6 is 11.8 Å². The fraction of sp³-hybridized carbons (Fsp3) is 0.214. The first-order chi connectivity index (χ1) is 9.66. The molecule has 2 heterocycles. The van der Waals surface area contributed by atoms with Crippen LogP contribution in [-0.4, -0.2) is 16.2 Å². The molecule has 1 unspecified atom stereocenters. The minimum absolute atomic E-state index is 0.393. The number of rotatable bonds is 2. The zero-order chi connectivity index (χ0) is 14.2. The van der Waals surface area contributed by atoms with Gasteiger partial charge in [0.15, 0.2) is 5.82 Å². The van der Waals surface area contributed by atoms with Crippen molar-refractivity contribution in [3.05, 3.63) is 53.2 Å². The molecule has 2 N–H and O–H groups in total. The van der Waals surface area contributed by atoms with Gasteiger partial charge in [0, 0.05) is 18.2 Å². The van der Waals surface area contributed by atoms with E-state index in [9.17, 15) is 0 Å². The molecule has 0 saturated heterocycles. The van der Waals surface area contributed by atoms with Crippen molar-refractivity contribution in [3.63, 3.8) is 0 Å². The summed E-state index contributed by atoms with van der Waals surface area (Å²) in [6, 6.07) is 2.07. The van der Waals surface area contributed by atoms with Gasteiger partial charge in [0.25, 0.3) is 0 Å².